The Morgan fingerprint density at radius 2 is 0.880 bits per heavy atom. The van der Waals surface area contributed by atoms with Gasteiger partial charge in [0, 0.05) is 0 Å². The van der Waals surface area contributed by atoms with Crippen molar-refractivity contribution in [2.75, 3.05) is 0 Å². The molecule has 0 radical (unpaired) electrons. The van der Waals surface area contributed by atoms with E-state index < -0.39 is 0 Å². The van der Waals surface area contributed by atoms with Crippen LogP contribution in [-0.4, -0.2) is 3.21 Å². The van der Waals surface area contributed by atoms with Crippen LogP contribution in [0.2, 0.25) is 10.0 Å². The van der Waals surface area contributed by atoms with E-state index in [4.69, 9.17) is 23.2 Å². The maximum absolute atomic E-state index is 6.38. The van der Waals surface area contributed by atoms with Crippen LogP contribution in [0, 0.1) is 0 Å². The van der Waals surface area contributed by atoms with Gasteiger partial charge in [0.15, 0.2) is 0 Å². The normalized spacial score (nSPS) is 11.7. The van der Waals surface area contributed by atoms with Crippen molar-refractivity contribution in [3.63, 3.8) is 0 Å². The fraction of sp³-hybridized carbons (Fsp3) is 0.170. The van der Waals surface area contributed by atoms with Crippen LogP contribution >= 0.6 is 23.2 Å². The summed E-state index contributed by atoms with van der Waals surface area (Å²) in [6.45, 7) is 13.6. The van der Waals surface area contributed by atoms with Gasteiger partial charge in [-0.2, -0.15) is 18.2 Å². The minimum atomic E-state index is 0.203. The SMILES string of the molecule is CC(C)(C)c1ccc2c(c1)[cH-]c1cc(C(C)(C)C)ccc12.Clc1cccc2c([C](=[Zr+2])c3cccc4c(Cl)cccc34)cccc12.c1cc[cH-]c1. The molecular weight excluding hydrogens is 727 g/mol. The number of fused-ring (bicyclic) bond motifs is 5. The quantitative estimate of drug-likeness (QED) is 0.154. The molecule has 3 heteroatoms. The van der Waals surface area contributed by atoms with E-state index in [0.717, 1.165) is 20.8 Å². The summed E-state index contributed by atoms with van der Waals surface area (Å²) in [5, 5.41) is 11.6. The third-order valence-corrected chi connectivity index (χ3v) is 11.3. The largest absolute Gasteiger partial charge is 0.214 e. The summed E-state index contributed by atoms with van der Waals surface area (Å²) >= 11 is 14.1. The van der Waals surface area contributed by atoms with Crippen LogP contribution in [0.15, 0.2) is 146 Å². The minimum Gasteiger partial charge on any atom is -0.214 e. The Morgan fingerprint density at radius 3 is 1.26 bits per heavy atom. The zero-order chi connectivity index (χ0) is 35.6. The van der Waals surface area contributed by atoms with Crippen LogP contribution < -0.4 is 0 Å². The Labute approximate surface area is 321 Å². The van der Waals surface area contributed by atoms with E-state index in [2.05, 4.69) is 133 Å². The molecule has 8 aromatic carbocycles. The first kappa shape index (κ1) is 36.2. The van der Waals surface area contributed by atoms with Crippen molar-refractivity contribution in [3.05, 3.63) is 178 Å². The number of benzene rings is 6. The van der Waals surface area contributed by atoms with Crippen molar-refractivity contribution in [1.29, 1.82) is 0 Å². The second-order valence-corrected chi connectivity index (χ2v) is 16.9. The molecule has 0 spiro atoms. The molecule has 0 fully saturated rings. The first-order chi connectivity index (χ1) is 23.8. The van der Waals surface area contributed by atoms with Gasteiger partial charge in [-0.15, -0.1) is 39.7 Å². The monoisotopic (exact) mass is 766 g/mol. The van der Waals surface area contributed by atoms with Gasteiger partial charge in [0.25, 0.3) is 0 Å². The van der Waals surface area contributed by atoms with E-state index in [9.17, 15) is 0 Å². The van der Waals surface area contributed by atoms with E-state index in [1.165, 1.54) is 82.0 Å². The van der Waals surface area contributed by atoms with E-state index >= 15 is 0 Å². The van der Waals surface area contributed by atoms with Gasteiger partial charge in [-0.05, 0) is 10.8 Å². The second-order valence-electron chi connectivity index (χ2n) is 14.9. The topological polar surface area (TPSA) is 0 Å². The molecule has 0 saturated carbocycles. The number of rotatable bonds is 2. The molecule has 0 atom stereocenters. The predicted octanol–water partition coefficient (Wildman–Crippen LogP) is 14.1. The van der Waals surface area contributed by atoms with Crippen molar-refractivity contribution < 1.29 is 24.2 Å². The van der Waals surface area contributed by atoms with E-state index in [-0.39, 0.29) is 10.8 Å². The Kier molecular flexibility index (Phi) is 10.8. The summed E-state index contributed by atoms with van der Waals surface area (Å²) < 4.78 is 1.31. The molecule has 0 unspecified atom stereocenters. The van der Waals surface area contributed by atoms with Crippen molar-refractivity contribution >= 4 is 69.5 Å². The van der Waals surface area contributed by atoms with Crippen molar-refractivity contribution in [3.8, 4) is 0 Å². The molecule has 0 N–H and O–H groups in total. The van der Waals surface area contributed by atoms with Gasteiger partial charge in [-0.1, -0.05) is 76.9 Å². The van der Waals surface area contributed by atoms with Gasteiger partial charge in [0.05, 0.1) is 0 Å². The molecule has 0 bridgehead atoms. The molecular formula is C47H42Cl2Zr. The predicted molar refractivity (Wildman–Crippen MR) is 218 cm³/mol. The van der Waals surface area contributed by atoms with Crippen LogP contribution in [0.4, 0.5) is 0 Å². The summed E-state index contributed by atoms with van der Waals surface area (Å²) in [5.41, 5.74) is 5.69. The fourth-order valence-corrected chi connectivity index (χ4v) is 7.95. The first-order valence-electron chi connectivity index (χ1n) is 17.1. The minimum absolute atomic E-state index is 0.203. The Balaban J connectivity index is 0.000000153. The van der Waals surface area contributed by atoms with Gasteiger partial charge in [0.1, 0.15) is 0 Å². The van der Waals surface area contributed by atoms with Crippen molar-refractivity contribution in [2.24, 2.45) is 0 Å². The summed E-state index contributed by atoms with van der Waals surface area (Å²) in [6, 6.07) is 51.0. The number of hydrogen-bond donors (Lipinski definition) is 0. The third kappa shape index (κ3) is 7.82. The molecule has 0 saturated heterocycles. The van der Waals surface area contributed by atoms with Crippen LogP contribution in [0.1, 0.15) is 63.8 Å². The summed E-state index contributed by atoms with van der Waals surface area (Å²) in [7, 11) is 0. The molecule has 50 heavy (non-hydrogen) atoms. The number of hydrogen-bond acceptors (Lipinski definition) is 0. The zero-order valence-electron chi connectivity index (χ0n) is 29.6. The zero-order valence-corrected chi connectivity index (χ0v) is 33.6. The van der Waals surface area contributed by atoms with E-state index in [1.807, 2.05) is 54.6 Å². The summed E-state index contributed by atoms with van der Waals surface area (Å²) in [6.07, 6.45) is 0. The maximum Gasteiger partial charge on any atom is -0.172 e. The summed E-state index contributed by atoms with van der Waals surface area (Å²) in [5.74, 6) is 0. The Morgan fingerprint density at radius 1 is 0.480 bits per heavy atom. The van der Waals surface area contributed by atoms with Gasteiger partial charge < -0.3 is 0 Å². The van der Waals surface area contributed by atoms with E-state index in [1.54, 1.807) is 0 Å². The van der Waals surface area contributed by atoms with E-state index in [0.29, 0.717) is 0 Å². The molecule has 0 heterocycles. The third-order valence-electron chi connectivity index (χ3n) is 9.27. The van der Waals surface area contributed by atoms with Crippen LogP contribution in [0.25, 0.3) is 43.1 Å². The Hall–Kier alpha value is -3.61. The van der Waals surface area contributed by atoms with Crippen molar-refractivity contribution in [1.82, 2.24) is 0 Å². The van der Waals surface area contributed by atoms with Crippen LogP contribution in [0.3, 0.4) is 0 Å². The van der Waals surface area contributed by atoms with Crippen LogP contribution in [0.5, 0.6) is 0 Å². The molecule has 248 valence electrons. The second kappa shape index (κ2) is 14.9. The maximum atomic E-state index is 6.38. The van der Waals surface area contributed by atoms with Gasteiger partial charge in [-0.25, -0.2) is 12.1 Å². The average molecular weight is 769 g/mol. The number of halogens is 2. The molecule has 0 aromatic heterocycles. The Bertz CT molecular complexity index is 2260. The molecule has 0 amide bonds. The fourth-order valence-electron chi connectivity index (χ4n) is 6.40. The molecule has 0 aliphatic rings. The van der Waals surface area contributed by atoms with Crippen molar-refractivity contribution in [2.45, 2.75) is 52.4 Å². The molecule has 0 aliphatic carbocycles. The first-order valence-corrected chi connectivity index (χ1v) is 19.1. The molecule has 0 nitrogen and oxygen atoms in total. The average Bonchev–Trinajstić information content (AvgIpc) is 3.79. The van der Waals surface area contributed by atoms with Gasteiger partial charge in [0.2, 0.25) is 0 Å². The van der Waals surface area contributed by atoms with Gasteiger partial charge in [-0.3, -0.25) is 0 Å². The molecule has 0 aliphatic heterocycles. The molecule has 8 aromatic rings. The van der Waals surface area contributed by atoms with Gasteiger partial charge >= 0.3 is 166 Å². The van der Waals surface area contributed by atoms with Crippen LogP contribution in [-0.2, 0) is 35.1 Å². The summed E-state index contributed by atoms with van der Waals surface area (Å²) in [4.78, 5) is 0. The standard InChI is InChI=1S/C21H12Cl2.C21H25.C5H5.Zr/c22-20-11-3-7-16-14(5-1-9-18(16)20)13-15-6-2-10-19-17(15)8-4-12-21(19)23;1-20(2,3)16-7-9-18-14(12-16)11-15-13-17(21(4,5)6)8-10-19(15)18;1-2-4-5-3-1;/h1-12H;7-13H,1-6H3;1-5H;/q;2*-1;+2. The molecule has 8 rings (SSSR count). The smallest absolute Gasteiger partial charge is 0.172 e.